The van der Waals surface area contributed by atoms with E-state index < -0.39 is 35.2 Å². The Morgan fingerprint density at radius 3 is 1.37 bits per heavy atom. The van der Waals surface area contributed by atoms with Crippen LogP contribution in [-0.2, 0) is 54.7 Å². The molecule has 0 spiro atoms. The zero-order chi connectivity index (χ0) is 91.6. The minimum atomic E-state index is -0.600. The summed E-state index contributed by atoms with van der Waals surface area (Å²) in [5.41, 5.74) is 7.04. The molecule has 0 saturated carbocycles. The van der Waals surface area contributed by atoms with Crippen LogP contribution in [0.4, 0.5) is 14.0 Å². The zero-order valence-corrected chi connectivity index (χ0v) is 78.7. The van der Waals surface area contributed by atoms with E-state index in [0.29, 0.717) is 48.7 Å². The van der Waals surface area contributed by atoms with Crippen molar-refractivity contribution in [2.24, 2.45) is 5.92 Å². The van der Waals surface area contributed by atoms with E-state index in [2.05, 4.69) is 189 Å². The number of fused-ring (bicyclic) bond motifs is 2. The van der Waals surface area contributed by atoms with Gasteiger partial charge in [0, 0.05) is 117 Å². The molecule has 23 nitrogen and oxygen atoms in total. The molecule has 0 radical (unpaired) electrons. The molecule has 668 valence electrons. The van der Waals surface area contributed by atoms with Crippen molar-refractivity contribution in [3.8, 4) is 0 Å². The molecule has 2 aliphatic heterocycles. The Kier molecular flexibility index (Phi) is 55.5. The number of benzene rings is 5. The molecule has 3 heterocycles. The number of alkyl carbamates (subject to hydrolysis) is 2. The van der Waals surface area contributed by atoms with Gasteiger partial charge < -0.3 is 71.2 Å². The largest absolute Gasteiger partial charge is 0.444 e. The van der Waals surface area contributed by atoms with Crippen molar-refractivity contribution in [1.82, 2.24) is 62.4 Å². The average molecular weight is 1660 g/mol. The Morgan fingerprint density at radius 1 is 0.521 bits per heavy atom. The summed E-state index contributed by atoms with van der Waals surface area (Å²) in [6, 6.07) is 48.8. The topological polar surface area (TPSA) is 287 Å². The lowest BCUT2D eigenvalue weighted by atomic mass is 10.1. The fraction of sp³-hybridized carbons (Fsp3) is 0.568. The Morgan fingerprint density at radius 2 is 0.975 bits per heavy atom. The van der Waals surface area contributed by atoms with Crippen molar-refractivity contribution in [2.75, 3.05) is 20.1 Å². The van der Waals surface area contributed by atoms with Crippen LogP contribution in [0.15, 0.2) is 144 Å². The first kappa shape index (κ1) is 112. The maximum absolute atomic E-state index is 13.3. The van der Waals surface area contributed by atoms with Crippen molar-refractivity contribution in [2.45, 2.75) is 331 Å². The Balaban J connectivity index is 0. The summed E-state index contributed by atoms with van der Waals surface area (Å²) in [6.45, 7) is 65.4. The molecule has 24 heteroatoms. The SMILES string of the molecule is CC(=O)N(C)C(C)C.CC(C)N1Cc2cccc(F)c2C1=O.CC(C)N1Cc2ccccc2C1=O.CC(C)NC(=O)C(C)C.CC(C)NC(=O)C(C)NC(=O)OC(C)(C)C.CC(C)NC(=O)CNC(=O)OC(C)(C)C.CC(C)NC(C)c1ccccc1.CC(C)NCCc1ccccc1.CC(C)NCc1ccccc1.Cc1cc(C(C)C)on1. The molecule has 8 rings (SSSR count). The molecule has 0 saturated heterocycles. The number of aromatic nitrogens is 1. The molecule has 8 amide bonds. The third kappa shape index (κ3) is 54.3. The van der Waals surface area contributed by atoms with Crippen LogP contribution in [0, 0.1) is 18.7 Å². The molecular weight excluding hydrogens is 1500 g/mol. The van der Waals surface area contributed by atoms with Crippen molar-refractivity contribution in [3.05, 3.63) is 196 Å². The van der Waals surface area contributed by atoms with Gasteiger partial charge in [-0.1, -0.05) is 196 Å². The van der Waals surface area contributed by atoms with E-state index in [4.69, 9.17) is 14.0 Å². The fourth-order valence-corrected chi connectivity index (χ4v) is 10.1. The number of hydrogen-bond donors (Lipinski definition) is 8. The predicted molar refractivity (Wildman–Crippen MR) is 484 cm³/mol. The van der Waals surface area contributed by atoms with Gasteiger partial charge in [-0.25, -0.2) is 14.0 Å². The zero-order valence-electron chi connectivity index (χ0n) is 78.7. The maximum Gasteiger partial charge on any atom is 0.408 e. The lowest BCUT2D eigenvalue weighted by Crippen LogP contribution is -2.48. The highest BCUT2D eigenvalue weighted by Gasteiger charge is 2.32. The second-order valence-corrected chi connectivity index (χ2v) is 34.5. The molecule has 6 aromatic rings. The number of halogens is 1. The van der Waals surface area contributed by atoms with Crippen LogP contribution in [0.25, 0.3) is 0 Å². The molecule has 1 aromatic heterocycles. The van der Waals surface area contributed by atoms with Gasteiger partial charge in [-0.2, -0.15) is 0 Å². The van der Waals surface area contributed by atoms with Crippen molar-refractivity contribution in [3.63, 3.8) is 0 Å². The second kappa shape index (κ2) is 59.2. The van der Waals surface area contributed by atoms with Crippen LogP contribution in [0.2, 0.25) is 0 Å². The van der Waals surface area contributed by atoms with Gasteiger partial charge in [0.2, 0.25) is 23.6 Å². The second-order valence-electron chi connectivity index (χ2n) is 34.5. The van der Waals surface area contributed by atoms with E-state index in [1.807, 2.05) is 151 Å². The van der Waals surface area contributed by atoms with Gasteiger partial charge in [0.1, 0.15) is 35.4 Å². The molecule has 119 heavy (non-hydrogen) atoms. The third-order valence-corrected chi connectivity index (χ3v) is 16.5. The van der Waals surface area contributed by atoms with Gasteiger partial charge in [0.25, 0.3) is 11.8 Å². The molecule has 0 aliphatic carbocycles. The van der Waals surface area contributed by atoms with Gasteiger partial charge in [-0.15, -0.1) is 0 Å². The summed E-state index contributed by atoms with van der Waals surface area (Å²) in [5.74, 6) is 0.905. The van der Waals surface area contributed by atoms with Gasteiger partial charge in [0.05, 0.1) is 11.3 Å². The van der Waals surface area contributed by atoms with Crippen LogP contribution in [0.3, 0.4) is 0 Å². The van der Waals surface area contributed by atoms with Crippen LogP contribution >= 0.6 is 0 Å². The first-order valence-corrected chi connectivity index (χ1v) is 42.1. The minimum absolute atomic E-state index is 0.0513. The molecule has 2 atom stereocenters. The predicted octanol–water partition coefficient (Wildman–Crippen LogP) is 18.0. The molecule has 8 N–H and O–H groups in total. The summed E-state index contributed by atoms with van der Waals surface area (Å²) < 4.78 is 28.3. The summed E-state index contributed by atoms with van der Waals surface area (Å²) in [4.78, 5) is 95.2. The summed E-state index contributed by atoms with van der Waals surface area (Å²) in [7, 11) is 1.80. The van der Waals surface area contributed by atoms with Gasteiger partial charge >= 0.3 is 12.2 Å². The Hall–Kier alpha value is -9.52. The molecule has 2 aliphatic rings. The Labute approximate surface area is 716 Å². The quantitative estimate of drug-likeness (QED) is 0.0314. The number of ether oxygens (including phenoxy) is 2. The van der Waals surface area contributed by atoms with Gasteiger partial charge in [-0.05, 0) is 198 Å². The lowest BCUT2D eigenvalue weighted by molar-refractivity contribution is -0.129. The first-order valence-electron chi connectivity index (χ1n) is 42.1. The highest BCUT2D eigenvalue weighted by molar-refractivity contribution is 5.99. The fourth-order valence-electron chi connectivity index (χ4n) is 10.1. The third-order valence-electron chi connectivity index (χ3n) is 16.5. The number of nitrogens with zero attached hydrogens (tertiary/aromatic N) is 4. The van der Waals surface area contributed by atoms with Crippen molar-refractivity contribution in [1.29, 1.82) is 0 Å². The normalized spacial score (nSPS) is 12.2. The van der Waals surface area contributed by atoms with Gasteiger partial charge in [0.15, 0.2) is 0 Å². The number of nitrogens with one attached hydrogen (secondary N) is 8. The van der Waals surface area contributed by atoms with E-state index in [0.717, 1.165) is 54.2 Å². The van der Waals surface area contributed by atoms with Crippen molar-refractivity contribution < 1.29 is 56.7 Å². The van der Waals surface area contributed by atoms with Crippen molar-refractivity contribution >= 4 is 47.6 Å². The van der Waals surface area contributed by atoms with Crippen LogP contribution in [0.5, 0.6) is 0 Å². The highest BCUT2D eigenvalue weighted by Crippen LogP contribution is 2.27. The number of carbonyl (C=O) groups excluding carboxylic acids is 8. The van der Waals surface area contributed by atoms with Crippen LogP contribution < -0.4 is 42.5 Å². The standard InChI is InChI=1S/C11H12FNO.C11H22N2O3.C11H13NO.2C11H17N.C10H20N2O3.C10H15N.C7H11NO.C7H15NO.C6H13NO/c1-7(2)13-6-8-4-3-5-9(12)10(8)11(13)14;1-7(2)12-9(14)8(3)13-10(15)16-11(4,5)6;1-8(2)12-7-9-5-3-4-6-10(9)11(12)13;1-9(2)12-10(3)11-7-5-4-6-8-11;1-10(2)12-9-8-11-6-4-3-5-7-11;1-7(2)12-8(13)6-11-9(14)15-10(3,4)5;1-9(2)11-8-10-6-4-3-5-7-10;1-5(2)7-4-6(3)8-9-7;1-5(2)7(9)8-6(3)4;1-5(2)7(4)6(3)8/h3-5,7H,6H2,1-2H3;7-8H,1-6H3,(H,12,14)(H,13,15);3-6,8H,7H2,1-2H3;4-10,12H,1-3H3;3-7,10,12H,8-9H2,1-2H3;7H,6H2,1-5H3,(H,11,14)(H,12,13);3-7,9,11H,8H2,1-2H3;4-5H,1-3H3;5-6H,1-4H3,(H,8,9);5H,1-4H3. The molecule has 2 unspecified atom stereocenters. The number of amides is 8. The summed E-state index contributed by atoms with van der Waals surface area (Å²) in [5, 5.41) is 27.0. The lowest BCUT2D eigenvalue weighted by Gasteiger charge is -2.22. The number of aryl methyl sites for hydroxylation is 1. The van der Waals surface area contributed by atoms with E-state index in [1.54, 1.807) is 84.4 Å². The number of carbonyl (C=O) groups is 8. The Bertz CT molecular complexity index is 3810. The molecular formula is C95H155FN12O11. The van der Waals surface area contributed by atoms with Crippen LogP contribution in [0.1, 0.15) is 287 Å². The van der Waals surface area contributed by atoms with E-state index in [1.165, 1.54) is 22.8 Å². The monoisotopic (exact) mass is 1660 g/mol. The maximum atomic E-state index is 13.3. The minimum Gasteiger partial charge on any atom is -0.444 e. The molecule has 0 fully saturated rings. The van der Waals surface area contributed by atoms with Crippen LogP contribution in [-0.4, -0.2) is 159 Å². The summed E-state index contributed by atoms with van der Waals surface area (Å²) >= 11 is 0. The highest BCUT2D eigenvalue weighted by atomic mass is 19.1. The average Bonchev–Trinajstić information content (AvgIpc) is 1.66. The van der Waals surface area contributed by atoms with E-state index >= 15 is 0 Å². The molecule has 0 bridgehead atoms. The van der Waals surface area contributed by atoms with Gasteiger partial charge in [-0.3, -0.25) is 28.8 Å². The summed E-state index contributed by atoms with van der Waals surface area (Å²) in [6.07, 6.45) is -0.0423. The van der Waals surface area contributed by atoms with E-state index in [-0.39, 0.29) is 77.6 Å². The van der Waals surface area contributed by atoms with E-state index in [9.17, 15) is 42.7 Å². The number of rotatable bonds is 22. The number of hydrogen-bond acceptors (Lipinski definition) is 15. The first-order chi connectivity index (χ1) is 55.2. The smallest absolute Gasteiger partial charge is 0.408 e. The molecule has 5 aromatic carbocycles.